The normalized spacial score (nSPS) is 12.6. The van der Waals surface area contributed by atoms with Gasteiger partial charge in [0.15, 0.2) is 0 Å². The summed E-state index contributed by atoms with van der Waals surface area (Å²) in [5.74, 6) is 0. The van der Waals surface area contributed by atoms with E-state index < -0.39 is 14.9 Å². The van der Waals surface area contributed by atoms with Gasteiger partial charge in [0.05, 0.1) is 9.82 Å². The van der Waals surface area contributed by atoms with Crippen molar-refractivity contribution in [2.45, 2.75) is 22.0 Å². The maximum Gasteiger partial charge on any atom is 0.272 e. The highest BCUT2D eigenvalue weighted by atomic mass is 32.2. The maximum atomic E-state index is 11.5. The Bertz CT molecular complexity index is 826. The minimum Gasteiger partial charge on any atom is -0.384 e. The summed E-state index contributed by atoms with van der Waals surface area (Å²) in [5, 5.41) is 19.2. The van der Waals surface area contributed by atoms with Gasteiger partial charge in [-0.3, -0.25) is 10.1 Å². The van der Waals surface area contributed by atoms with Gasteiger partial charge in [-0.1, -0.05) is 25.1 Å². The van der Waals surface area contributed by atoms with Crippen molar-refractivity contribution >= 4 is 33.2 Å². The van der Waals surface area contributed by atoms with Crippen LogP contribution in [0.2, 0.25) is 0 Å². The van der Waals surface area contributed by atoms with Crippen molar-refractivity contribution in [3.8, 4) is 0 Å². The molecule has 3 N–H and O–H groups in total. The van der Waals surface area contributed by atoms with Crippen LogP contribution in [0.25, 0.3) is 0 Å². The third kappa shape index (κ3) is 5.22. The van der Waals surface area contributed by atoms with Gasteiger partial charge >= 0.3 is 0 Å². The van der Waals surface area contributed by atoms with E-state index in [9.17, 15) is 18.5 Å². The zero-order chi connectivity index (χ0) is 17.7. The Kier molecular flexibility index (Phi) is 5.81. The number of thioether (sulfide) groups is 1. The van der Waals surface area contributed by atoms with Gasteiger partial charge in [0.25, 0.3) is 5.69 Å². The van der Waals surface area contributed by atoms with Crippen LogP contribution in [0, 0.1) is 10.1 Å². The van der Waals surface area contributed by atoms with E-state index in [0.717, 1.165) is 11.0 Å². The number of hydrogen-bond donors (Lipinski definition) is 2. The number of nitrogens with zero attached hydrogens (tertiary/aromatic N) is 1. The summed E-state index contributed by atoms with van der Waals surface area (Å²) in [6.45, 7) is 2.51. The van der Waals surface area contributed by atoms with Crippen LogP contribution >= 0.6 is 11.8 Å². The van der Waals surface area contributed by atoms with Gasteiger partial charge in [-0.05, 0) is 18.2 Å². The summed E-state index contributed by atoms with van der Waals surface area (Å²) >= 11 is 1.64. The summed E-state index contributed by atoms with van der Waals surface area (Å²) in [6.07, 6.45) is 0. The zero-order valence-electron chi connectivity index (χ0n) is 12.9. The number of nitro benzene ring substituents is 1. The van der Waals surface area contributed by atoms with Crippen LogP contribution in [-0.4, -0.2) is 25.1 Å². The van der Waals surface area contributed by atoms with Crippen LogP contribution in [0.4, 0.5) is 11.4 Å². The predicted octanol–water partition coefficient (Wildman–Crippen LogP) is 2.83. The molecule has 0 aliphatic rings. The number of anilines is 1. The molecule has 0 aliphatic heterocycles. The lowest BCUT2D eigenvalue weighted by atomic mass is 10.2. The topological polar surface area (TPSA) is 115 Å². The second-order valence-electron chi connectivity index (χ2n) is 5.14. The average molecular weight is 367 g/mol. The molecule has 0 saturated carbocycles. The number of primary sulfonamides is 1. The molecule has 1 unspecified atom stereocenters. The van der Waals surface area contributed by atoms with Crippen LogP contribution in [0.15, 0.2) is 58.3 Å². The molecule has 0 spiro atoms. The first-order chi connectivity index (χ1) is 11.3. The molecule has 0 aromatic heterocycles. The number of nitrogens with two attached hydrogens (primary N) is 1. The van der Waals surface area contributed by atoms with Gasteiger partial charge in [-0.2, -0.15) is 0 Å². The molecule has 0 radical (unpaired) electrons. The van der Waals surface area contributed by atoms with Crippen LogP contribution < -0.4 is 10.5 Å². The number of benzene rings is 2. The van der Waals surface area contributed by atoms with Crippen molar-refractivity contribution in [1.29, 1.82) is 0 Å². The summed E-state index contributed by atoms with van der Waals surface area (Å²) in [5.41, 5.74) is 0.0149. The van der Waals surface area contributed by atoms with Crippen molar-refractivity contribution in [3.05, 3.63) is 58.6 Å². The molecule has 1 atom stereocenters. The Hall–Kier alpha value is -2.10. The fraction of sp³-hybridized carbons (Fsp3) is 0.200. The third-order valence-corrected chi connectivity index (χ3v) is 5.11. The quantitative estimate of drug-likeness (QED) is 0.442. The number of nitrogens with one attached hydrogen (secondary N) is 1. The average Bonchev–Trinajstić information content (AvgIpc) is 2.53. The van der Waals surface area contributed by atoms with Crippen LogP contribution in [0.5, 0.6) is 0 Å². The molecular weight excluding hydrogens is 350 g/mol. The molecule has 2 aromatic carbocycles. The van der Waals surface area contributed by atoms with Crippen molar-refractivity contribution in [2.24, 2.45) is 5.14 Å². The second kappa shape index (κ2) is 7.65. The number of nitro groups is 1. The zero-order valence-corrected chi connectivity index (χ0v) is 14.5. The van der Waals surface area contributed by atoms with Crippen molar-refractivity contribution in [1.82, 2.24) is 0 Å². The van der Waals surface area contributed by atoms with E-state index in [0.29, 0.717) is 12.2 Å². The van der Waals surface area contributed by atoms with E-state index in [1.54, 1.807) is 11.8 Å². The van der Waals surface area contributed by atoms with Gasteiger partial charge in [0.2, 0.25) is 10.0 Å². The van der Waals surface area contributed by atoms with Gasteiger partial charge in [-0.25, -0.2) is 13.6 Å². The summed E-state index contributed by atoms with van der Waals surface area (Å²) < 4.78 is 22.9. The van der Waals surface area contributed by atoms with Crippen LogP contribution in [-0.2, 0) is 10.0 Å². The second-order valence-corrected chi connectivity index (χ2v) is 8.21. The molecule has 0 bridgehead atoms. The Balaban J connectivity index is 2.11. The minimum absolute atomic E-state index is 0.171. The minimum atomic E-state index is -4.02. The highest BCUT2D eigenvalue weighted by molar-refractivity contribution is 8.00. The summed E-state index contributed by atoms with van der Waals surface area (Å²) in [4.78, 5) is 11.1. The van der Waals surface area contributed by atoms with Crippen molar-refractivity contribution in [3.63, 3.8) is 0 Å². The van der Waals surface area contributed by atoms with Crippen LogP contribution in [0.3, 0.4) is 0 Å². The largest absolute Gasteiger partial charge is 0.384 e. The number of sulfonamides is 1. The smallest absolute Gasteiger partial charge is 0.272 e. The first-order valence-electron chi connectivity index (χ1n) is 7.03. The lowest BCUT2D eigenvalue weighted by Crippen LogP contribution is -2.15. The molecule has 0 aliphatic carbocycles. The molecule has 7 nitrogen and oxygen atoms in total. The lowest BCUT2D eigenvalue weighted by molar-refractivity contribution is -0.385. The van der Waals surface area contributed by atoms with Gasteiger partial charge in [0.1, 0.15) is 0 Å². The highest BCUT2D eigenvalue weighted by Gasteiger charge is 2.16. The Labute approximate surface area is 144 Å². The lowest BCUT2D eigenvalue weighted by Gasteiger charge is -2.14. The van der Waals surface area contributed by atoms with E-state index >= 15 is 0 Å². The van der Waals surface area contributed by atoms with E-state index in [-0.39, 0.29) is 15.8 Å². The first kappa shape index (κ1) is 18.2. The molecule has 0 saturated heterocycles. The van der Waals surface area contributed by atoms with E-state index in [4.69, 9.17) is 5.14 Å². The van der Waals surface area contributed by atoms with Gasteiger partial charge in [-0.15, -0.1) is 11.8 Å². The fourth-order valence-electron chi connectivity index (χ4n) is 1.99. The maximum absolute atomic E-state index is 11.5. The molecule has 9 heteroatoms. The number of rotatable bonds is 7. The van der Waals surface area contributed by atoms with Gasteiger partial charge < -0.3 is 5.32 Å². The molecule has 0 fully saturated rings. The monoisotopic (exact) mass is 367 g/mol. The Morgan fingerprint density at radius 1 is 1.25 bits per heavy atom. The third-order valence-electron chi connectivity index (χ3n) is 3.10. The molecule has 2 aromatic rings. The molecular formula is C15H17N3O4S2. The fourth-order valence-corrected chi connectivity index (χ4v) is 3.51. The van der Waals surface area contributed by atoms with Crippen LogP contribution in [0.1, 0.15) is 6.92 Å². The first-order valence-corrected chi connectivity index (χ1v) is 9.46. The number of hydrogen-bond acceptors (Lipinski definition) is 6. The van der Waals surface area contributed by atoms with Crippen molar-refractivity contribution < 1.29 is 13.3 Å². The molecule has 128 valence electrons. The summed E-state index contributed by atoms with van der Waals surface area (Å²) in [6, 6.07) is 13.3. The molecule has 24 heavy (non-hydrogen) atoms. The number of non-ortho nitro benzene ring substituents is 1. The molecule has 0 amide bonds. The molecule has 0 heterocycles. The molecule has 2 rings (SSSR count). The van der Waals surface area contributed by atoms with E-state index in [2.05, 4.69) is 5.32 Å². The SMILES string of the molecule is CC(CNc1cc([N+](=O)[O-])cc(S(N)(=O)=O)c1)Sc1ccccc1. The summed E-state index contributed by atoms with van der Waals surface area (Å²) in [7, 11) is -4.02. The van der Waals surface area contributed by atoms with Gasteiger partial charge in [0, 0.05) is 34.5 Å². The Morgan fingerprint density at radius 3 is 2.50 bits per heavy atom. The Morgan fingerprint density at radius 2 is 1.92 bits per heavy atom. The van der Waals surface area contributed by atoms with E-state index in [1.165, 1.54) is 12.1 Å². The van der Waals surface area contributed by atoms with E-state index in [1.807, 2.05) is 37.3 Å². The predicted molar refractivity (Wildman–Crippen MR) is 94.7 cm³/mol. The highest BCUT2D eigenvalue weighted by Crippen LogP contribution is 2.26. The standard InChI is InChI=1S/C15H17N3O4S2/c1-11(23-14-5-3-2-4-6-14)10-17-12-7-13(18(19)20)9-15(8-12)24(16,21)22/h2-9,11,17H,10H2,1H3,(H2,16,21,22). The van der Waals surface area contributed by atoms with Crippen molar-refractivity contribution in [2.75, 3.05) is 11.9 Å².